The van der Waals surface area contributed by atoms with Gasteiger partial charge in [0.05, 0.1) is 18.4 Å². The molecule has 3 aromatic rings. The van der Waals surface area contributed by atoms with Crippen molar-refractivity contribution in [3.05, 3.63) is 65.7 Å². The van der Waals surface area contributed by atoms with E-state index in [0.717, 1.165) is 5.56 Å². The van der Waals surface area contributed by atoms with Gasteiger partial charge in [-0.15, -0.1) is 0 Å². The van der Waals surface area contributed by atoms with E-state index < -0.39 is 17.8 Å². The number of benzene rings is 1. The van der Waals surface area contributed by atoms with Crippen LogP contribution in [0.2, 0.25) is 0 Å². The average molecular weight is 335 g/mol. The molecule has 6 nitrogen and oxygen atoms in total. The van der Waals surface area contributed by atoms with Crippen molar-refractivity contribution in [2.75, 3.05) is 5.32 Å². The summed E-state index contributed by atoms with van der Waals surface area (Å²) in [6.45, 7) is 0.511. The van der Waals surface area contributed by atoms with E-state index in [1.807, 2.05) is 30.3 Å². The molecule has 0 saturated carbocycles. The van der Waals surface area contributed by atoms with E-state index >= 15 is 0 Å². The van der Waals surface area contributed by atoms with Crippen molar-refractivity contribution in [1.82, 2.24) is 20.0 Å². The van der Waals surface area contributed by atoms with Gasteiger partial charge in [-0.2, -0.15) is 23.4 Å². The van der Waals surface area contributed by atoms with Gasteiger partial charge in [-0.25, -0.2) is 0 Å². The predicted molar refractivity (Wildman–Crippen MR) is 79.3 cm³/mol. The Morgan fingerprint density at radius 2 is 2.00 bits per heavy atom. The predicted octanol–water partition coefficient (Wildman–Crippen LogP) is 2.93. The van der Waals surface area contributed by atoms with Crippen LogP contribution in [-0.2, 0) is 12.7 Å². The Bertz CT molecular complexity index is 838. The molecule has 0 fully saturated rings. The number of aromatic nitrogens is 4. The summed E-state index contributed by atoms with van der Waals surface area (Å²) in [5, 5.41) is 11.7. The molecule has 0 aliphatic carbocycles. The second-order valence-electron chi connectivity index (χ2n) is 5.03. The molecule has 124 valence electrons. The molecule has 0 saturated heterocycles. The third-order valence-corrected chi connectivity index (χ3v) is 3.19. The van der Waals surface area contributed by atoms with Gasteiger partial charge in [0.1, 0.15) is 5.69 Å². The standard InChI is InChI=1S/C15H12F3N5O/c16-15(17,18)13-6-12(21-22-13)14(24)20-11-7-19-23(9-11)8-10-4-2-1-3-5-10/h1-7,9H,8H2,(H,20,24)(H,21,22). The number of carbonyl (C=O) groups excluding carboxylic acids is 1. The fourth-order valence-electron chi connectivity index (χ4n) is 2.06. The molecule has 9 heteroatoms. The molecule has 2 heterocycles. The minimum absolute atomic E-state index is 0.349. The quantitative estimate of drug-likeness (QED) is 0.770. The molecule has 3 rings (SSSR count). The lowest BCUT2D eigenvalue weighted by molar-refractivity contribution is -0.141. The van der Waals surface area contributed by atoms with Gasteiger partial charge in [-0.1, -0.05) is 30.3 Å². The Labute approximate surface area is 134 Å². The number of nitrogens with zero attached hydrogens (tertiary/aromatic N) is 3. The zero-order valence-electron chi connectivity index (χ0n) is 12.2. The third-order valence-electron chi connectivity index (χ3n) is 3.19. The first-order valence-corrected chi connectivity index (χ1v) is 6.92. The highest BCUT2D eigenvalue weighted by Gasteiger charge is 2.33. The number of halogens is 3. The molecule has 24 heavy (non-hydrogen) atoms. The maximum atomic E-state index is 12.5. The normalized spacial score (nSPS) is 11.5. The number of hydrogen-bond donors (Lipinski definition) is 2. The number of amides is 1. The topological polar surface area (TPSA) is 75.6 Å². The van der Waals surface area contributed by atoms with Gasteiger partial charge in [0.15, 0.2) is 5.69 Å². The van der Waals surface area contributed by atoms with Crippen molar-refractivity contribution in [3.63, 3.8) is 0 Å². The van der Waals surface area contributed by atoms with Crippen LogP contribution in [0, 0.1) is 0 Å². The number of nitrogens with one attached hydrogen (secondary N) is 2. The van der Waals surface area contributed by atoms with Gasteiger partial charge in [0.25, 0.3) is 5.91 Å². The van der Waals surface area contributed by atoms with E-state index in [9.17, 15) is 18.0 Å². The number of rotatable bonds is 4. The highest BCUT2D eigenvalue weighted by Crippen LogP contribution is 2.27. The van der Waals surface area contributed by atoms with Crippen LogP contribution in [0.3, 0.4) is 0 Å². The largest absolute Gasteiger partial charge is 0.432 e. The summed E-state index contributed by atoms with van der Waals surface area (Å²) in [4.78, 5) is 11.9. The van der Waals surface area contributed by atoms with Crippen LogP contribution < -0.4 is 5.32 Å². The fourth-order valence-corrected chi connectivity index (χ4v) is 2.06. The number of carbonyl (C=O) groups is 1. The summed E-state index contributed by atoms with van der Waals surface area (Å²) < 4.78 is 39.1. The number of alkyl halides is 3. The van der Waals surface area contributed by atoms with Crippen LogP contribution >= 0.6 is 0 Å². The van der Waals surface area contributed by atoms with Crippen molar-refractivity contribution in [2.24, 2.45) is 0 Å². The van der Waals surface area contributed by atoms with E-state index in [1.165, 1.54) is 6.20 Å². The molecular formula is C15H12F3N5O. The van der Waals surface area contributed by atoms with E-state index in [1.54, 1.807) is 16.0 Å². The zero-order valence-corrected chi connectivity index (χ0v) is 12.2. The zero-order chi connectivity index (χ0) is 17.2. The van der Waals surface area contributed by atoms with Gasteiger partial charge >= 0.3 is 6.18 Å². The first kappa shape index (κ1) is 15.8. The minimum atomic E-state index is -4.58. The summed E-state index contributed by atoms with van der Waals surface area (Å²) in [5.41, 5.74) is -0.0290. The van der Waals surface area contributed by atoms with Gasteiger partial charge in [-0.05, 0) is 5.56 Å². The van der Waals surface area contributed by atoms with E-state index in [-0.39, 0.29) is 5.69 Å². The molecule has 1 amide bonds. The first-order valence-electron chi connectivity index (χ1n) is 6.92. The van der Waals surface area contributed by atoms with Crippen LogP contribution in [0.15, 0.2) is 48.8 Å². The Kier molecular flexibility index (Phi) is 4.07. The van der Waals surface area contributed by atoms with Crippen molar-refractivity contribution in [2.45, 2.75) is 12.7 Å². The number of anilines is 1. The average Bonchev–Trinajstić information content (AvgIpc) is 3.17. The summed E-state index contributed by atoms with van der Waals surface area (Å²) >= 11 is 0. The Morgan fingerprint density at radius 3 is 2.67 bits per heavy atom. The summed E-state index contributed by atoms with van der Waals surface area (Å²) in [5.74, 6) is -0.749. The second-order valence-corrected chi connectivity index (χ2v) is 5.03. The molecule has 1 aromatic carbocycles. The number of hydrogen-bond acceptors (Lipinski definition) is 3. The number of H-pyrrole nitrogens is 1. The van der Waals surface area contributed by atoms with Crippen molar-refractivity contribution < 1.29 is 18.0 Å². The van der Waals surface area contributed by atoms with Crippen molar-refractivity contribution in [3.8, 4) is 0 Å². The molecule has 0 aliphatic rings. The summed E-state index contributed by atoms with van der Waals surface area (Å²) in [7, 11) is 0. The van der Waals surface area contributed by atoms with Gasteiger partial charge in [0.2, 0.25) is 0 Å². The third kappa shape index (κ3) is 3.62. The Hall–Kier alpha value is -3.10. The monoisotopic (exact) mass is 335 g/mol. The SMILES string of the molecule is O=C(Nc1cnn(Cc2ccccc2)c1)c1cc(C(F)(F)F)[nH]n1. The molecule has 0 aliphatic heterocycles. The van der Waals surface area contributed by atoms with Gasteiger partial charge in [0, 0.05) is 12.3 Å². The van der Waals surface area contributed by atoms with Crippen LogP contribution in [0.1, 0.15) is 21.7 Å². The minimum Gasteiger partial charge on any atom is -0.318 e. The van der Waals surface area contributed by atoms with Crippen LogP contribution in [-0.4, -0.2) is 25.9 Å². The fraction of sp³-hybridized carbons (Fsp3) is 0.133. The highest BCUT2D eigenvalue weighted by atomic mass is 19.4. The Balaban J connectivity index is 1.66. The maximum Gasteiger partial charge on any atom is 0.432 e. The molecule has 0 spiro atoms. The summed E-state index contributed by atoms with van der Waals surface area (Å²) in [6.07, 6.45) is -1.58. The lowest BCUT2D eigenvalue weighted by atomic mass is 10.2. The first-order chi connectivity index (χ1) is 11.4. The van der Waals surface area contributed by atoms with Crippen LogP contribution in [0.25, 0.3) is 0 Å². The second kappa shape index (κ2) is 6.19. The maximum absolute atomic E-state index is 12.5. The smallest absolute Gasteiger partial charge is 0.318 e. The molecule has 2 aromatic heterocycles. The Morgan fingerprint density at radius 1 is 1.25 bits per heavy atom. The van der Waals surface area contributed by atoms with E-state index in [4.69, 9.17) is 0 Å². The lowest BCUT2D eigenvalue weighted by Crippen LogP contribution is -2.12. The van der Waals surface area contributed by atoms with Crippen molar-refractivity contribution in [1.29, 1.82) is 0 Å². The number of aromatic amines is 1. The van der Waals surface area contributed by atoms with Gasteiger partial charge < -0.3 is 5.32 Å². The molecule has 0 bridgehead atoms. The molecule has 0 atom stereocenters. The molecule has 0 radical (unpaired) electrons. The molecular weight excluding hydrogens is 323 g/mol. The van der Waals surface area contributed by atoms with Crippen LogP contribution in [0.4, 0.5) is 18.9 Å². The van der Waals surface area contributed by atoms with Crippen molar-refractivity contribution >= 4 is 11.6 Å². The summed E-state index contributed by atoms with van der Waals surface area (Å²) in [6, 6.07) is 10.2. The van der Waals surface area contributed by atoms with Gasteiger partial charge in [-0.3, -0.25) is 14.6 Å². The molecule has 2 N–H and O–H groups in total. The van der Waals surface area contributed by atoms with Crippen LogP contribution in [0.5, 0.6) is 0 Å². The highest BCUT2D eigenvalue weighted by molar-refractivity contribution is 6.02. The molecule has 0 unspecified atom stereocenters. The van der Waals surface area contributed by atoms with E-state index in [2.05, 4.69) is 15.5 Å². The van der Waals surface area contributed by atoms with E-state index in [0.29, 0.717) is 18.3 Å². The lowest BCUT2D eigenvalue weighted by Gasteiger charge is -2.01.